The Morgan fingerprint density at radius 2 is 1.79 bits per heavy atom. The molecule has 2 aliphatic heterocycles. The van der Waals surface area contributed by atoms with E-state index in [1.807, 2.05) is 6.07 Å². The Bertz CT molecular complexity index is 807. The number of carbonyl (C=O) groups excluding carboxylic acids is 1. The molecule has 2 heterocycles. The summed E-state index contributed by atoms with van der Waals surface area (Å²) in [4.78, 5) is 14.8. The molecule has 0 aliphatic carbocycles. The summed E-state index contributed by atoms with van der Waals surface area (Å²) >= 11 is 0. The molecule has 1 amide bonds. The molecule has 0 spiro atoms. The van der Waals surface area contributed by atoms with E-state index in [0.717, 1.165) is 57.7 Å². The maximum absolute atomic E-state index is 13.0. The number of nitrogens with zero attached hydrogens (tertiary/aromatic N) is 1. The molecular formula is C23H28ClFN2O2. The Morgan fingerprint density at radius 3 is 2.55 bits per heavy atom. The summed E-state index contributed by atoms with van der Waals surface area (Å²) in [5, 5.41) is 3.09. The first-order valence-electron chi connectivity index (χ1n) is 10.2. The van der Waals surface area contributed by atoms with Gasteiger partial charge in [-0.2, -0.15) is 0 Å². The largest absolute Gasteiger partial charge is 0.493 e. The highest BCUT2D eigenvalue weighted by molar-refractivity contribution is 5.94. The summed E-state index contributed by atoms with van der Waals surface area (Å²) in [6.07, 6.45) is 4.14. The zero-order valence-electron chi connectivity index (χ0n) is 16.5. The first-order valence-corrected chi connectivity index (χ1v) is 10.2. The maximum Gasteiger partial charge on any atom is 0.251 e. The number of hydrogen-bond donors (Lipinski definition) is 1. The molecule has 2 aromatic carbocycles. The Kier molecular flexibility index (Phi) is 7.51. The van der Waals surface area contributed by atoms with Gasteiger partial charge in [-0.25, -0.2) is 4.39 Å². The summed E-state index contributed by atoms with van der Waals surface area (Å²) in [6.45, 7) is 3.88. The molecule has 0 aromatic heterocycles. The van der Waals surface area contributed by atoms with Gasteiger partial charge in [0, 0.05) is 24.7 Å². The number of amides is 1. The van der Waals surface area contributed by atoms with E-state index in [2.05, 4.69) is 28.4 Å². The number of nitrogens with one attached hydrogen (secondary N) is 1. The smallest absolute Gasteiger partial charge is 0.251 e. The normalized spacial score (nSPS) is 19.6. The van der Waals surface area contributed by atoms with Gasteiger partial charge < -0.3 is 15.0 Å². The van der Waals surface area contributed by atoms with Crippen LogP contribution in [0.4, 0.5) is 4.39 Å². The van der Waals surface area contributed by atoms with Crippen LogP contribution in [-0.4, -0.2) is 43.1 Å². The van der Waals surface area contributed by atoms with Gasteiger partial charge in [-0.1, -0.05) is 18.2 Å². The minimum atomic E-state index is -0.322. The third kappa shape index (κ3) is 5.49. The van der Waals surface area contributed by atoms with Gasteiger partial charge in [-0.15, -0.1) is 12.4 Å². The highest BCUT2D eigenvalue weighted by atomic mass is 35.5. The minimum Gasteiger partial charge on any atom is -0.493 e. The number of ether oxygens (including phenoxy) is 1. The van der Waals surface area contributed by atoms with E-state index in [1.54, 1.807) is 0 Å². The molecule has 1 atom stereocenters. The van der Waals surface area contributed by atoms with E-state index in [0.29, 0.717) is 11.5 Å². The fourth-order valence-corrected chi connectivity index (χ4v) is 4.23. The van der Waals surface area contributed by atoms with Crippen LogP contribution in [0.15, 0.2) is 48.5 Å². The molecule has 1 unspecified atom stereocenters. The molecule has 6 heteroatoms. The fraction of sp³-hybridized carbons (Fsp3) is 0.435. The SMILES string of the molecule is Cl.O=C(NC1CCN(CCC2CCOc3ccccc32)CC1)c1ccc(F)cc1. The predicted octanol–water partition coefficient (Wildman–Crippen LogP) is 4.40. The lowest BCUT2D eigenvalue weighted by molar-refractivity contribution is 0.0910. The molecule has 2 aliphatic rings. The lowest BCUT2D eigenvalue weighted by Crippen LogP contribution is -2.45. The van der Waals surface area contributed by atoms with Gasteiger partial charge in [0.1, 0.15) is 11.6 Å². The van der Waals surface area contributed by atoms with Gasteiger partial charge in [0.15, 0.2) is 0 Å². The van der Waals surface area contributed by atoms with E-state index in [4.69, 9.17) is 4.74 Å². The molecule has 4 nitrogen and oxygen atoms in total. The zero-order valence-corrected chi connectivity index (χ0v) is 17.3. The van der Waals surface area contributed by atoms with Crippen molar-refractivity contribution in [2.75, 3.05) is 26.2 Å². The monoisotopic (exact) mass is 418 g/mol. The van der Waals surface area contributed by atoms with E-state index in [-0.39, 0.29) is 30.2 Å². The lowest BCUT2D eigenvalue weighted by atomic mass is 9.90. The molecule has 1 fully saturated rings. The van der Waals surface area contributed by atoms with Gasteiger partial charge in [0.2, 0.25) is 0 Å². The second-order valence-electron chi connectivity index (χ2n) is 7.76. The summed E-state index contributed by atoms with van der Waals surface area (Å²) in [6, 6.07) is 14.3. The van der Waals surface area contributed by atoms with Crippen LogP contribution in [0.5, 0.6) is 5.75 Å². The zero-order chi connectivity index (χ0) is 19.3. The van der Waals surface area contributed by atoms with E-state index in [9.17, 15) is 9.18 Å². The molecule has 156 valence electrons. The number of likely N-dealkylation sites (tertiary alicyclic amines) is 1. The number of fused-ring (bicyclic) bond motifs is 1. The molecule has 0 radical (unpaired) electrons. The molecule has 0 saturated carbocycles. The average Bonchev–Trinajstić information content (AvgIpc) is 2.73. The summed E-state index contributed by atoms with van der Waals surface area (Å²) in [5.74, 6) is 1.18. The molecule has 29 heavy (non-hydrogen) atoms. The van der Waals surface area contributed by atoms with Gasteiger partial charge >= 0.3 is 0 Å². The number of para-hydroxylation sites is 1. The number of rotatable bonds is 5. The van der Waals surface area contributed by atoms with Gasteiger partial charge in [-0.3, -0.25) is 4.79 Å². The van der Waals surface area contributed by atoms with Crippen LogP contribution in [0.3, 0.4) is 0 Å². The lowest BCUT2D eigenvalue weighted by Gasteiger charge is -2.34. The van der Waals surface area contributed by atoms with Crippen molar-refractivity contribution in [3.63, 3.8) is 0 Å². The fourth-order valence-electron chi connectivity index (χ4n) is 4.23. The predicted molar refractivity (Wildman–Crippen MR) is 114 cm³/mol. The van der Waals surface area contributed by atoms with Gasteiger partial charge in [-0.05, 0) is 74.0 Å². The van der Waals surface area contributed by atoms with E-state index >= 15 is 0 Å². The Morgan fingerprint density at radius 1 is 1.07 bits per heavy atom. The van der Waals surface area contributed by atoms with Crippen LogP contribution in [0.1, 0.15) is 47.5 Å². The van der Waals surface area contributed by atoms with Crippen molar-refractivity contribution in [3.8, 4) is 5.75 Å². The van der Waals surface area contributed by atoms with Crippen molar-refractivity contribution in [2.45, 2.75) is 37.6 Å². The minimum absolute atomic E-state index is 0. The number of benzene rings is 2. The number of halogens is 2. The average molecular weight is 419 g/mol. The van der Waals surface area contributed by atoms with Crippen LogP contribution >= 0.6 is 12.4 Å². The van der Waals surface area contributed by atoms with Crippen LogP contribution in [0.25, 0.3) is 0 Å². The van der Waals surface area contributed by atoms with Gasteiger partial charge in [0.05, 0.1) is 6.61 Å². The Labute approximate surface area is 177 Å². The molecule has 4 rings (SSSR count). The standard InChI is InChI=1S/C23H27FN2O2.ClH/c24-19-7-5-18(6-8-19)23(27)25-20-10-14-26(15-11-20)13-9-17-12-16-28-22-4-2-1-3-21(17)22;/h1-8,17,20H,9-16H2,(H,25,27);1H. The second kappa shape index (κ2) is 10.1. The van der Waals surface area contributed by atoms with E-state index < -0.39 is 0 Å². The highest BCUT2D eigenvalue weighted by Gasteiger charge is 2.24. The molecule has 1 N–H and O–H groups in total. The van der Waals surface area contributed by atoms with Crippen molar-refractivity contribution >= 4 is 18.3 Å². The third-order valence-electron chi connectivity index (χ3n) is 5.91. The second-order valence-corrected chi connectivity index (χ2v) is 7.76. The number of carbonyl (C=O) groups is 1. The first kappa shape index (κ1) is 21.6. The van der Waals surface area contributed by atoms with Crippen molar-refractivity contribution in [1.82, 2.24) is 10.2 Å². The first-order chi connectivity index (χ1) is 13.7. The number of piperidine rings is 1. The summed E-state index contributed by atoms with van der Waals surface area (Å²) < 4.78 is 18.8. The summed E-state index contributed by atoms with van der Waals surface area (Å²) in [7, 11) is 0. The topological polar surface area (TPSA) is 41.6 Å². The summed E-state index contributed by atoms with van der Waals surface area (Å²) in [5.41, 5.74) is 1.86. The third-order valence-corrected chi connectivity index (χ3v) is 5.91. The molecule has 2 aromatic rings. The van der Waals surface area contributed by atoms with E-state index in [1.165, 1.54) is 29.8 Å². The van der Waals surface area contributed by atoms with Crippen molar-refractivity contribution in [3.05, 3.63) is 65.5 Å². The van der Waals surface area contributed by atoms with Crippen molar-refractivity contribution in [1.29, 1.82) is 0 Å². The Balaban J connectivity index is 0.00000240. The molecule has 0 bridgehead atoms. The molecular weight excluding hydrogens is 391 g/mol. The quantitative estimate of drug-likeness (QED) is 0.782. The number of hydrogen-bond acceptors (Lipinski definition) is 3. The Hall–Kier alpha value is -2.11. The van der Waals surface area contributed by atoms with Crippen LogP contribution in [0, 0.1) is 5.82 Å². The van der Waals surface area contributed by atoms with Crippen LogP contribution < -0.4 is 10.1 Å². The van der Waals surface area contributed by atoms with Gasteiger partial charge in [0.25, 0.3) is 5.91 Å². The van der Waals surface area contributed by atoms with Crippen molar-refractivity contribution in [2.24, 2.45) is 0 Å². The van der Waals surface area contributed by atoms with Crippen LogP contribution in [0.2, 0.25) is 0 Å². The maximum atomic E-state index is 13.0. The van der Waals surface area contributed by atoms with Crippen LogP contribution in [-0.2, 0) is 0 Å². The molecule has 1 saturated heterocycles. The van der Waals surface area contributed by atoms with Crippen molar-refractivity contribution < 1.29 is 13.9 Å². The highest BCUT2D eigenvalue weighted by Crippen LogP contribution is 2.35.